The largest absolute Gasteiger partial charge is 0.480 e. The van der Waals surface area contributed by atoms with E-state index in [1.165, 1.54) is 25.7 Å². The Morgan fingerprint density at radius 2 is 2.11 bits per heavy atom. The van der Waals surface area contributed by atoms with Gasteiger partial charge < -0.3 is 10.1 Å². The van der Waals surface area contributed by atoms with Gasteiger partial charge in [0.2, 0.25) is 5.88 Å². The van der Waals surface area contributed by atoms with Gasteiger partial charge in [-0.05, 0) is 19.4 Å². The third kappa shape index (κ3) is 4.08. The van der Waals surface area contributed by atoms with Crippen molar-refractivity contribution in [3.8, 4) is 5.88 Å². The lowest BCUT2D eigenvalue weighted by Gasteiger charge is -2.20. The highest BCUT2D eigenvalue weighted by atomic mass is 32.2. The lowest BCUT2D eigenvalue weighted by molar-refractivity contribution is 0.381. The molecular weight excluding hydrogens is 258 g/mol. The van der Waals surface area contributed by atoms with Crippen molar-refractivity contribution >= 4 is 11.8 Å². The molecular formula is C14H23N3OS. The molecule has 1 aromatic rings. The van der Waals surface area contributed by atoms with Crippen molar-refractivity contribution in [1.82, 2.24) is 15.3 Å². The highest BCUT2D eigenvalue weighted by Gasteiger charge is 2.21. The van der Waals surface area contributed by atoms with Crippen LogP contribution >= 0.6 is 11.8 Å². The summed E-state index contributed by atoms with van der Waals surface area (Å²) in [5, 5.41) is 4.32. The van der Waals surface area contributed by atoms with Gasteiger partial charge in [0, 0.05) is 23.4 Å². The molecule has 1 fully saturated rings. The second-order valence-electron chi connectivity index (χ2n) is 4.80. The normalized spacial score (nSPS) is 17.6. The average molecular weight is 281 g/mol. The Bertz CT molecular complexity index is 383. The Morgan fingerprint density at radius 1 is 1.37 bits per heavy atom. The summed E-state index contributed by atoms with van der Waals surface area (Å²) < 4.78 is 5.32. The van der Waals surface area contributed by atoms with Gasteiger partial charge in [-0.1, -0.05) is 19.8 Å². The molecule has 19 heavy (non-hydrogen) atoms. The maximum atomic E-state index is 5.32. The first-order chi connectivity index (χ1) is 9.35. The molecule has 0 spiro atoms. The van der Waals surface area contributed by atoms with E-state index in [0.29, 0.717) is 5.88 Å². The fourth-order valence-corrected chi connectivity index (χ4v) is 3.91. The predicted molar refractivity (Wildman–Crippen MR) is 79.7 cm³/mol. The minimum atomic E-state index is 0.222. The summed E-state index contributed by atoms with van der Waals surface area (Å²) in [5.41, 5.74) is 0.928. The Morgan fingerprint density at radius 3 is 2.79 bits per heavy atom. The van der Waals surface area contributed by atoms with E-state index in [2.05, 4.69) is 34.0 Å². The topological polar surface area (TPSA) is 47.0 Å². The number of rotatable bonds is 7. The highest BCUT2D eigenvalue weighted by Crippen LogP contribution is 2.32. The van der Waals surface area contributed by atoms with Crippen LogP contribution in [-0.2, 0) is 0 Å². The third-order valence-electron chi connectivity index (χ3n) is 3.47. The summed E-state index contributed by atoms with van der Waals surface area (Å²) in [6.07, 6.45) is 8.91. The van der Waals surface area contributed by atoms with Gasteiger partial charge in [0.15, 0.2) is 0 Å². The fraction of sp³-hybridized carbons (Fsp3) is 0.714. The predicted octanol–water partition coefficient (Wildman–Crippen LogP) is 2.81. The second kappa shape index (κ2) is 7.70. The van der Waals surface area contributed by atoms with E-state index in [4.69, 9.17) is 4.74 Å². The Labute approximate surface area is 119 Å². The van der Waals surface area contributed by atoms with Crippen molar-refractivity contribution in [2.45, 2.75) is 43.9 Å². The van der Waals surface area contributed by atoms with Gasteiger partial charge in [-0.15, -0.1) is 0 Å². The maximum absolute atomic E-state index is 5.32. The second-order valence-corrected chi connectivity index (χ2v) is 6.13. The van der Waals surface area contributed by atoms with Gasteiger partial charge in [0.25, 0.3) is 0 Å². The molecule has 1 heterocycles. The number of methoxy groups -OCH3 is 1. The molecule has 0 bridgehead atoms. The lowest BCUT2D eigenvalue weighted by atomic mass is 10.2. The van der Waals surface area contributed by atoms with E-state index in [-0.39, 0.29) is 6.04 Å². The van der Waals surface area contributed by atoms with Crippen molar-refractivity contribution < 1.29 is 4.74 Å². The van der Waals surface area contributed by atoms with Gasteiger partial charge in [0.05, 0.1) is 13.2 Å². The summed E-state index contributed by atoms with van der Waals surface area (Å²) in [5.74, 6) is 1.67. The molecule has 0 saturated heterocycles. The molecule has 1 aliphatic carbocycles. The molecule has 1 unspecified atom stereocenters. The first-order valence-electron chi connectivity index (χ1n) is 7.05. The van der Waals surface area contributed by atoms with Crippen molar-refractivity contribution in [2.75, 3.05) is 19.4 Å². The summed E-state index contributed by atoms with van der Waals surface area (Å²) in [6, 6.07) is 0.222. The molecule has 106 valence electrons. The van der Waals surface area contributed by atoms with E-state index in [9.17, 15) is 0 Å². The molecule has 0 aromatic carbocycles. The third-order valence-corrected chi connectivity index (χ3v) is 4.93. The molecule has 0 radical (unpaired) electrons. The van der Waals surface area contributed by atoms with Gasteiger partial charge in [-0.2, -0.15) is 11.8 Å². The molecule has 1 N–H and O–H groups in total. The van der Waals surface area contributed by atoms with Crippen LogP contribution < -0.4 is 10.1 Å². The van der Waals surface area contributed by atoms with Crippen LogP contribution in [0.15, 0.2) is 12.4 Å². The number of nitrogens with zero attached hydrogens (tertiary/aromatic N) is 2. The zero-order valence-corrected chi connectivity index (χ0v) is 12.6. The van der Waals surface area contributed by atoms with E-state index in [1.54, 1.807) is 19.5 Å². The van der Waals surface area contributed by atoms with Gasteiger partial charge in [-0.25, -0.2) is 4.98 Å². The molecule has 1 aromatic heterocycles. The van der Waals surface area contributed by atoms with Crippen molar-refractivity contribution in [2.24, 2.45) is 0 Å². The first kappa shape index (κ1) is 14.6. The number of hydrogen-bond acceptors (Lipinski definition) is 5. The van der Waals surface area contributed by atoms with Crippen LogP contribution in [0.1, 0.15) is 44.3 Å². The summed E-state index contributed by atoms with van der Waals surface area (Å²) >= 11 is 2.06. The Hall–Kier alpha value is -0.810. The zero-order chi connectivity index (χ0) is 13.5. The minimum absolute atomic E-state index is 0.222. The van der Waals surface area contributed by atoms with Crippen LogP contribution in [0.4, 0.5) is 0 Å². The molecule has 0 amide bonds. The molecule has 1 atom stereocenters. The standard InChI is InChI=1S/C14H23N3OS/c1-3-15-12(10-19-11-6-4-5-7-11)13-14(18-2)17-9-8-16-13/h8-9,11-12,15H,3-7,10H2,1-2H3. The van der Waals surface area contributed by atoms with Gasteiger partial charge in [-0.3, -0.25) is 4.98 Å². The van der Waals surface area contributed by atoms with Crippen LogP contribution in [0.3, 0.4) is 0 Å². The van der Waals surface area contributed by atoms with Crippen molar-refractivity contribution in [1.29, 1.82) is 0 Å². The van der Waals surface area contributed by atoms with Crippen molar-refractivity contribution in [3.05, 3.63) is 18.1 Å². The SMILES string of the molecule is CCNC(CSC1CCCC1)c1nccnc1OC. The van der Waals surface area contributed by atoms with E-state index >= 15 is 0 Å². The number of ether oxygens (including phenoxy) is 1. The molecule has 0 aliphatic heterocycles. The first-order valence-corrected chi connectivity index (χ1v) is 8.10. The molecule has 1 saturated carbocycles. The number of aromatic nitrogens is 2. The van der Waals surface area contributed by atoms with Gasteiger partial charge >= 0.3 is 0 Å². The van der Waals surface area contributed by atoms with E-state index < -0.39 is 0 Å². The summed E-state index contributed by atoms with van der Waals surface area (Å²) in [7, 11) is 1.65. The van der Waals surface area contributed by atoms with Crippen LogP contribution in [0.5, 0.6) is 5.88 Å². The fourth-order valence-electron chi connectivity index (χ4n) is 2.50. The highest BCUT2D eigenvalue weighted by molar-refractivity contribution is 7.99. The quantitative estimate of drug-likeness (QED) is 0.832. The maximum Gasteiger partial charge on any atom is 0.237 e. The number of nitrogens with one attached hydrogen (secondary N) is 1. The molecule has 5 heteroatoms. The lowest BCUT2D eigenvalue weighted by Crippen LogP contribution is -2.25. The van der Waals surface area contributed by atoms with E-state index in [0.717, 1.165) is 23.2 Å². The number of hydrogen-bond donors (Lipinski definition) is 1. The number of thioether (sulfide) groups is 1. The molecule has 2 rings (SSSR count). The van der Waals surface area contributed by atoms with Crippen LogP contribution in [0.2, 0.25) is 0 Å². The van der Waals surface area contributed by atoms with E-state index in [1.807, 2.05) is 0 Å². The smallest absolute Gasteiger partial charge is 0.237 e. The molecule has 4 nitrogen and oxygen atoms in total. The molecule has 1 aliphatic rings. The summed E-state index contributed by atoms with van der Waals surface area (Å²) in [6.45, 7) is 3.05. The summed E-state index contributed by atoms with van der Waals surface area (Å²) in [4.78, 5) is 8.70. The van der Waals surface area contributed by atoms with Crippen molar-refractivity contribution in [3.63, 3.8) is 0 Å². The van der Waals surface area contributed by atoms with Crippen LogP contribution in [0.25, 0.3) is 0 Å². The minimum Gasteiger partial charge on any atom is -0.480 e. The van der Waals surface area contributed by atoms with Crippen LogP contribution in [0, 0.1) is 0 Å². The van der Waals surface area contributed by atoms with Gasteiger partial charge in [0.1, 0.15) is 5.69 Å². The average Bonchev–Trinajstić information content (AvgIpc) is 2.96. The van der Waals surface area contributed by atoms with Crippen LogP contribution in [-0.4, -0.2) is 34.6 Å². The Balaban J connectivity index is 2.01. The Kier molecular flexibility index (Phi) is 5.92. The zero-order valence-electron chi connectivity index (χ0n) is 11.8. The monoisotopic (exact) mass is 281 g/mol.